The molecule has 3 N–H and O–H groups in total. The van der Waals surface area contributed by atoms with Gasteiger partial charge in [-0.15, -0.1) is 0 Å². The molecule has 1 aliphatic rings. The Labute approximate surface area is 278 Å². The second-order valence-corrected chi connectivity index (χ2v) is 11.7. The Bertz CT molecular complexity index is 1770. The molecule has 0 heterocycles. The second-order valence-electron chi connectivity index (χ2n) is 11.7. The van der Waals surface area contributed by atoms with Crippen LogP contribution >= 0.6 is 0 Å². The van der Waals surface area contributed by atoms with Crippen molar-refractivity contribution in [2.75, 3.05) is 19.6 Å². The highest BCUT2D eigenvalue weighted by atomic mass is 19.4. The third-order valence-corrected chi connectivity index (χ3v) is 8.53. The fourth-order valence-corrected chi connectivity index (χ4v) is 6.27. The van der Waals surface area contributed by atoms with Crippen molar-refractivity contribution in [2.45, 2.75) is 43.5 Å². The fourth-order valence-electron chi connectivity index (χ4n) is 6.27. The van der Waals surface area contributed by atoms with Crippen molar-refractivity contribution in [3.8, 4) is 22.3 Å². The summed E-state index contributed by atoms with van der Waals surface area (Å²) in [4.78, 5) is 39.0. The van der Waals surface area contributed by atoms with Crippen LogP contribution < -0.4 is 16.0 Å². The molecule has 0 bridgehead atoms. The average molecular weight is 682 g/mol. The van der Waals surface area contributed by atoms with Gasteiger partial charge in [0, 0.05) is 25.1 Å². The van der Waals surface area contributed by atoms with Crippen molar-refractivity contribution >= 4 is 17.7 Å². The maximum atomic E-state index is 13.6. The first-order valence-corrected chi connectivity index (χ1v) is 15.7. The lowest BCUT2D eigenvalue weighted by atomic mass is 9.73. The molecule has 0 aliphatic heterocycles. The van der Waals surface area contributed by atoms with E-state index in [4.69, 9.17) is 0 Å². The van der Waals surface area contributed by atoms with Crippen molar-refractivity contribution in [2.24, 2.45) is 0 Å². The molecule has 3 amide bonds. The first-order chi connectivity index (χ1) is 23.3. The van der Waals surface area contributed by atoms with Crippen molar-refractivity contribution < 1.29 is 40.7 Å². The number of hydrogen-bond acceptors (Lipinski definition) is 3. The predicted molar refractivity (Wildman–Crippen MR) is 172 cm³/mol. The van der Waals surface area contributed by atoms with Crippen LogP contribution in [-0.2, 0) is 21.2 Å². The van der Waals surface area contributed by atoms with E-state index < -0.39 is 41.7 Å². The van der Waals surface area contributed by atoms with Crippen LogP contribution in [0.5, 0.6) is 0 Å². The van der Waals surface area contributed by atoms with Gasteiger partial charge in [-0.2, -0.15) is 26.3 Å². The zero-order valence-corrected chi connectivity index (χ0v) is 26.2. The maximum absolute atomic E-state index is 13.6. The van der Waals surface area contributed by atoms with Crippen molar-refractivity contribution in [3.63, 3.8) is 0 Å². The number of carbonyl (C=O) groups excluding carboxylic acids is 3. The third-order valence-electron chi connectivity index (χ3n) is 8.53. The lowest BCUT2D eigenvalue weighted by Gasteiger charge is -2.31. The first kappa shape index (κ1) is 35.2. The van der Waals surface area contributed by atoms with Gasteiger partial charge in [-0.3, -0.25) is 14.4 Å². The Balaban J connectivity index is 1.15. The predicted octanol–water partition coefficient (Wildman–Crippen LogP) is 7.42. The van der Waals surface area contributed by atoms with Crippen molar-refractivity contribution in [1.82, 2.24) is 16.0 Å². The highest BCUT2D eigenvalue weighted by molar-refractivity contribution is 6.01. The van der Waals surface area contributed by atoms with E-state index in [2.05, 4.69) is 16.0 Å². The fraction of sp³-hybridized carbons (Fsp3) is 0.270. The summed E-state index contributed by atoms with van der Waals surface area (Å²) in [5, 5.41) is 7.54. The molecule has 0 atom stereocenters. The minimum Gasteiger partial charge on any atom is -0.356 e. The van der Waals surface area contributed by atoms with Crippen LogP contribution in [0.2, 0.25) is 0 Å². The molecular weight excluding hydrogens is 648 g/mol. The molecule has 5 rings (SSSR count). The molecule has 4 aromatic carbocycles. The van der Waals surface area contributed by atoms with E-state index >= 15 is 0 Å². The molecular formula is C37H33F6N3O3. The molecule has 6 nitrogen and oxygen atoms in total. The van der Waals surface area contributed by atoms with Crippen molar-refractivity contribution in [1.29, 1.82) is 0 Å². The summed E-state index contributed by atoms with van der Waals surface area (Å²) in [6.45, 7) is -1.21. The normalized spacial score (nSPS) is 13.3. The van der Waals surface area contributed by atoms with Crippen LogP contribution in [-0.4, -0.2) is 43.5 Å². The summed E-state index contributed by atoms with van der Waals surface area (Å²) < 4.78 is 78.2. The van der Waals surface area contributed by atoms with Gasteiger partial charge in [-0.05, 0) is 70.8 Å². The van der Waals surface area contributed by atoms with Crippen LogP contribution in [0.1, 0.15) is 52.7 Å². The molecule has 49 heavy (non-hydrogen) atoms. The SMILES string of the molecule is O=C(CCNC(=O)c1ccccc1-c1ccc(C(F)(F)F)cc1)NCCCCC1(C(=O)NCC(F)(F)F)c2ccccc2-c2ccccc21. The number of amides is 3. The topological polar surface area (TPSA) is 87.3 Å². The number of rotatable bonds is 12. The van der Waals surface area contributed by atoms with Gasteiger partial charge in [0.05, 0.1) is 5.56 Å². The quantitative estimate of drug-likeness (QED) is 0.107. The number of nitrogens with one attached hydrogen (secondary N) is 3. The standard InChI is InChI=1S/C37H33F6N3O3/c38-36(39,40)23-46-34(49)35(30-13-5-3-10-27(30)28-11-4-6-14-31(28)35)20-7-8-21-44-32(47)19-22-45-33(48)29-12-2-1-9-26(29)24-15-17-25(18-16-24)37(41,42)43/h1-6,9-18H,7-8,19-23H2,(H,44,47)(H,45,48)(H,46,49). The minimum atomic E-state index is -4.58. The number of alkyl halides is 6. The maximum Gasteiger partial charge on any atom is 0.416 e. The zero-order chi connectivity index (χ0) is 35.2. The molecule has 0 radical (unpaired) electrons. The van der Waals surface area contributed by atoms with Crippen LogP contribution in [0.15, 0.2) is 97.1 Å². The number of benzene rings is 4. The molecule has 4 aromatic rings. The van der Waals surface area contributed by atoms with Crippen LogP contribution in [0.3, 0.4) is 0 Å². The summed E-state index contributed by atoms with van der Waals surface area (Å²) in [5.74, 6) is -1.57. The summed E-state index contributed by atoms with van der Waals surface area (Å²) in [6, 6.07) is 25.3. The van der Waals surface area contributed by atoms with Gasteiger partial charge in [0.1, 0.15) is 12.0 Å². The monoisotopic (exact) mass is 681 g/mol. The molecule has 1 aliphatic carbocycles. The number of unbranched alkanes of at least 4 members (excludes halogenated alkanes) is 1. The van der Waals surface area contributed by atoms with Gasteiger partial charge in [0.15, 0.2) is 0 Å². The Morgan fingerprint density at radius 1 is 0.612 bits per heavy atom. The Morgan fingerprint density at radius 2 is 1.18 bits per heavy atom. The van der Waals surface area contributed by atoms with Gasteiger partial charge in [-0.25, -0.2) is 0 Å². The minimum absolute atomic E-state index is 0.00205. The molecule has 0 spiro atoms. The summed E-state index contributed by atoms with van der Waals surface area (Å²) in [7, 11) is 0. The second kappa shape index (κ2) is 14.6. The highest BCUT2D eigenvalue weighted by Gasteiger charge is 2.49. The molecule has 256 valence electrons. The van der Waals surface area contributed by atoms with Gasteiger partial charge in [-0.1, -0.05) is 78.9 Å². The Hall–Kier alpha value is -5.13. The molecule has 12 heteroatoms. The number of fused-ring (bicyclic) bond motifs is 3. The summed E-state index contributed by atoms with van der Waals surface area (Å²) >= 11 is 0. The smallest absolute Gasteiger partial charge is 0.356 e. The van der Waals surface area contributed by atoms with E-state index in [1.807, 2.05) is 24.3 Å². The largest absolute Gasteiger partial charge is 0.416 e. The lowest BCUT2D eigenvalue weighted by Crippen LogP contribution is -2.47. The van der Waals surface area contributed by atoms with Gasteiger partial charge < -0.3 is 16.0 Å². The number of halogens is 6. The van der Waals surface area contributed by atoms with Crippen LogP contribution in [0, 0.1) is 0 Å². The van der Waals surface area contributed by atoms with E-state index in [9.17, 15) is 40.7 Å². The number of hydrogen-bond donors (Lipinski definition) is 3. The van der Waals surface area contributed by atoms with Crippen LogP contribution in [0.25, 0.3) is 22.3 Å². The molecule has 0 saturated carbocycles. The summed E-state index contributed by atoms with van der Waals surface area (Å²) in [6.07, 6.45) is -8.03. The Morgan fingerprint density at radius 3 is 1.78 bits per heavy atom. The first-order valence-electron chi connectivity index (χ1n) is 15.7. The van der Waals surface area contributed by atoms with Crippen LogP contribution in [0.4, 0.5) is 26.3 Å². The molecule has 0 fully saturated rings. The zero-order valence-electron chi connectivity index (χ0n) is 26.2. The van der Waals surface area contributed by atoms with Gasteiger partial charge in [0.2, 0.25) is 11.8 Å². The number of carbonyl (C=O) groups is 3. The van der Waals surface area contributed by atoms with E-state index in [1.165, 1.54) is 12.1 Å². The highest BCUT2D eigenvalue weighted by Crippen LogP contribution is 2.51. The summed E-state index contributed by atoms with van der Waals surface area (Å²) in [5.41, 5.74) is 1.83. The average Bonchev–Trinajstić information content (AvgIpc) is 3.37. The van der Waals surface area contributed by atoms with E-state index in [-0.39, 0.29) is 37.4 Å². The lowest BCUT2D eigenvalue weighted by molar-refractivity contribution is -0.141. The molecule has 0 aromatic heterocycles. The van der Waals surface area contributed by atoms with Gasteiger partial charge >= 0.3 is 12.4 Å². The Kier molecular flexibility index (Phi) is 10.4. The van der Waals surface area contributed by atoms with E-state index in [0.717, 1.165) is 23.3 Å². The van der Waals surface area contributed by atoms with E-state index in [0.29, 0.717) is 35.1 Å². The van der Waals surface area contributed by atoms with Crippen molar-refractivity contribution in [3.05, 3.63) is 119 Å². The van der Waals surface area contributed by atoms with Gasteiger partial charge in [0.25, 0.3) is 5.91 Å². The van der Waals surface area contributed by atoms with E-state index in [1.54, 1.807) is 48.5 Å². The molecule has 0 unspecified atom stereocenters. The third kappa shape index (κ3) is 7.96. The molecule has 0 saturated heterocycles.